The summed E-state index contributed by atoms with van der Waals surface area (Å²) in [6.07, 6.45) is 0. The van der Waals surface area contributed by atoms with Crippen LogP contribution in [0.2, 0.25) is 0 Å². The van der Waals surface area contributed by atoms with Crippen molar-refractivity contribution in [3.63, 3.8) is 0 Å². The van der Waals surface area contributed by atoms with Gasteiger partial charge in [0.25, 0.3) is 0 Å². The van der Waals surface area contributed by atoms with Crippen LogP contribution in [0.1, 0.15) is 16.7 Å². The normalized spacial score (nSPS) is 14.5. The second-order valence-electron chi connectivity index (χ2n) is 7.34. The number of amides is 1. The van der Waals surface area contributed by atoms with Crippen LogP contribution in [0.4, 0.5) is 10.1 Å². The van der Waals surface area contributed by atoms with Crippen molar-refractivity contribution < 1.29 is 9.18 Å². The van der Waals surface area contributed by atoms with E-state index in [4.69, 9.17) is 12.2 Å². The molecule has 7 heteroatoms. The first kappa shape index (κ1) is 21.2. The topological polar surface area (TPSA) is 47.6 Å². The molecule has 0 bridgehead atoms. The van der Waals surface area contributed by atoms with Gasteiger partial charge in [-0.05, 0) is 61.0 Å². The van der Waals surface area contributed by atoms with E-state index in [1.54, 1.807) is 12.1 Å². The van der Waals surface area contributed by atoms with Gasteiger partial charge < -0.3 is 15.5 Å². The van der Waals surface area contributed by atoms with E-state index < -0.39 is 0 Å². The van der Waals surface area contributed by atoms with Gasteiger partial charge in [-0.25, -0.2) is 4.39 Å². The summed E-state index contributed by atoms with van der Waals surface area (Å²) < 4.78 is 13.0. The highest BCUT2D eigenvalue weighted by Gasteiger charge is 2.20. The molecule has 5 nitrogen and oxygen atoms in total. The Hall–Kier alpha value is -2.51. The molecule has 1 aliphatic rings. The number of rotatable bonds is 5. The Bertz CT molecular complexity index is 864. The molecule has 2 N–H and O–H groups in total. The van der Waals surface area contributed by atoms with E-state index in [1.807, 2.05) is 32.0 Å². The van der Waals surface area contributed by atoms with Gasteiger partial charge in [0.2, 0.25) is 5.91 Å². The molecule has 2 aromatic carbocycles. The minimum absolute atomic E-state index is 0.00385. The lowest BCUT2D eigenvalue weighted by Gasteiger charge is -2.35. The minimum atomic E-state index is -0.242. The molecular formula is C22H27FN4OS. The van der Waals surface area contributed by atoms with Gasteiger partial charge in [0.1, 0.15) is 5.82 Å². The molecule has 0 aromatic heterocycles. The van der Waals surface area contributed by atoms with Gasteiger partial charge in [-0.1, -0.05) is 24.3 Å². The molecule has 1 heterocycles. The van der Waals surface area contributed by atoms with Crippen LogP contribution in [-0.2, 0) is 11.3 Å². The van der Waals surface area contributed by atoms with Crippen molar-refractivity contribution in [3.05, 3.63) is 65.0 Å². The van der Waals surface area contributed by atoms with Gasteiger partial charge in [0.15, 0.2) is 5.11 Å². The summed E-state index contributed by atoms with van der Waals surface area (Å²) in [4.78, 5) is 16.7. The Morgan fingerprint density at radius 1 is 1.07 bits per heavy atom. The number of nitrogens with zero attached hydrogens (tertiary/aromatic N) is 2. The van der Waals surface area contributed by atoms with Crippen molar-refractivity contribution in [1.82, 2.24) is 15.1 Å². The fourth-order valence-corrected chi connectivity index (χ4v) is 3.53. The summed E-state index contributed by atoms with van der Waals surface area (Å²) in [7, 11) is 0. The van der Waals surface area contributed by atoms with Crippen molar-refractivity contribution in [3.8, 4) is 0 Å². The lowest BCUT2D eigenvalue weighted by molar-refractivity contribution is -0.117. The van der Waals surface area contributed by atoms with Crippen LogP contribution >= 0.6 is 12.2 Å². The maximum Gasteiger partial charge on any atom is 0.238 e. The molecule has 0 aliphatic carbocycles. The molecule has 0 atom stereocenters. The molecule has 154 valence electrons. The van der Waals surface area contributed by atoms with Gasteiger partial charge in [0.05, 0.1) is 6.54 Å². The van der Waals surface area contributed by atoms with Crippen LogP contribution in [0.15, 0.2) is 42.5 Å². The third-order valence-corrected chi connectivity index (χ3v) is 5.66. The van der Waals surface area contributed by atoms with Crippen molar-refractivity contribution in [2.45, 2.75) is 20.4 Å². The standard InChI is InChI=1S/C22H27FN4OS/c1-16-4-3-5-20(17(16)2)25-21(28)15-26-10-12-27(13-11-26)22(29)24-14-18-6-8-19(23)9-7-18/h3-9H,10-15H2,1-2H3,(H,24,29)(H,25,28). The Balaban J connectivity index is 1.41. The number of hydrogen-bond donors (Lipinski definition) is 2. The maximum atomic E-state index is 13.0. The van der Waals surface area contributed by atoms with E-state index in [2.05, 4.69) is 20.4 Å². The van der Waals surface area contributed by atoms with Gasteiger partial charge >= 0.3 is 0 Å². The summed E-state index contributed by atoms with van der Waals surface area (Å²) in [6.45, 7) is 8.09. The van der Waals surface area contributed by atoms with Crippen molar-refractivity contribution in [2.75, 3.05) is 38.0 Å². The first-order valence-electron chi connectivity index (χ1n) is 9.78. The smallest absolute Gasteiger partial charge is 0.238 e. The zero-order valence-electron chi connectivity index (χ0n) is 16.9. The van der Waals surface area contributed by atoms with E-state index in [0.29, 0.717) is 18.2 Å². The Morgan fingerprint density at radius 2 is 1.76 bits per heavy atom. The van der Waals surface area contributed by atoms with Crippen molar-refractivity contribution >= 4 is 28.9 Å². The molecule has 1 fully saturated rings. The summed E-state index contributed by atoms with van der Waals surface area (Å²) in [5.41, 5.74) is 4.12. The number of anilines is 1. The van der Waals surface area contributed by atoms with Gasteiger partial charge in [-0.15, -0.1) is 0 Å². The maximum absolute atomic E-state index is 13.0. The first-order valence-corrected chi connectivity index (χ1v) is 10.2. The van der Waals surface area contributed by atoms with Crippen molar-refractivity contribution in [2.24, 2.45) is 0 Å². The van der Waals surface area contributed by atoms with Gasteiger partial charge in [-0.2, -0.15) is 0 Å². The fourth-order valence-electron chi connectivity index (χ4n) is 3.28. The molecule has 0 spiro atoms. The largest absolute Gasteiger partial charge is 0.358 e. The number of halogens is 1. The Kier molecular flexibility index (Phi) is 7.17. The number of piperazine rings is 1. The number of benzene rings is 2. The zero-order valence-corrected chi connectivity index (χ0v) is 17.7. The molecule has 0 radical (unpaired) electrons. The molecule has 1 aliphatic heterocycles. The number of carbonyl (C=O) groups is 1. The lowest BCUT2D eigenvalue weighted by atomic mass is 10.1. The van der Waals surface area contributed by atoms with Crippen LogP contribution in [0.25, 0.3) is 0 Å². The molecule has 29 heavy (non-hydrogen) atoms. The summed E-state index contributed by atoms with van der Waals surface area (Å²) in [5.74, 6) is -0.238. The highest BCUT2D eigenvalue weighted by Crippen LogP contribution is 2.18. The van der Waals surface area contributed by atoms with Crippen LogP contribution in [0.3, 0.4) is 0 Å². The molecular weight excluding hydrogens is 387 g/mol. The summed E-state index contributed by atoms with van der Waals surface area (Å²) in [6, 6.07) is 12.3. The van der Waals surface area contributed by atoms with Crippen LogP contribution in [0, 0.1) is 19.7 Å². The number of hydrogen-bond acceptors (Lipinski definition) is 3. The van der Waals surface area contributed by atoms with Crippen LogP contribution < -0.4 is 10.6 Å². The number of thiocarbonyl (C=S) groups is 1. The Labute approximate surface area is 176 Å². The minimum Gasteiger partial charge on any atom is -0.358 e. The predicted octanol–water partition coefficient (Wildman–Crippen LogP) is 3.07. The molecule has 1 saturated heterocycles. The number of aryl methyl sites for hydroxylation is 1. The Morgan fingerprint density at radius 3 is 2.45 bits per heavy atom. The first-order chi connectivity index (χ1) is 13.9. The summed E-state index contributed by atoms with van der Waals surface area (Å²) in [5, 5.41) is 6.93. The third kappa shape index (κ3) is 5.98. The molecule has 0 unspecified atom stereocenters. The number of nitrogens with one attached hydrogen (secondary N) is 2. The molecule has 1 amide bonds. The average molecular weight is 415 g/mol. The second-order valence-corrected chi connectivity index (χ2v) is 7.73. The highest BCUT2D eigenvalue weighted by atomic mass is 32.1. The SMILES string of the molecule is Cc1cccc(NC(=O)CN2CCN(C(=S)NCc3ccc(F)cc3)CC2)c1C. The van der Waals surface area contributed by atoms with E-state index in [0.717, 1.165) is 48.6 Å². The molecule has 2 aromatic rings. The van der Waals surface area contributed by atoms with E-state index in [1.165, 1.54) is 12.1 Å². The van der Waals surface area contributed by atoms with E-state index in [9.17, 15) is 9.18 Å². The highest BCUT2D eigenvalue weighted by molar-refractivity contribution is 7.80. The second kappa shape index (κ2) is 9.80. The van der Waals surface area contributed by atoms with Crippen molar-refractivity contribution in [1.29, 1.82) is 0 Å². The average Bonchev–Trinajstić information content (AvgIpc) is 2.71. The monoisotopic (exact) mass is 414 g/mol. The lowest BCUT2D eigenvalue weighted by Crippen LogP contribution is -2.52. The zero-order chi connectivity index (χ0) is 20.8. The van der Waals surface area contributed by atoms with E-state index >= 15 is 0 Å². The molecule has 0 saturated carbocycles. The van der Waals surface area contributed by atoms with Gasteiger partial charge in [0, 0.05) is 38.4 Å². The van der Waals surface area contributed by atoms with Crippen LogP contribution in [0.5, 0.6) is 0 Å². The van der Waals surface area contributed by atoms with Gasteiger partial charge in [-0.3, -0.25) is 9.69 Å². The molecule has 3 rings (SSSR count). The quantitative estimate of drug-likeness (QED) is 0.737. The van der Waals surface area contributed by atoms with E-state index in [-0.39, 0.29) is 11.7 Å². The third-order valence-electron chi connectivity index (χ3n) is 5.26. The fraction of sp³-hybridized carbons (Fsp3) is 0.364. The number of carbonyl (C=O) groups excluding carboxylic acids is 1. The predicted molar refractivity (Wildman–Crippen MR) is 118 cm³/mol. The van der Waals surface area contributed by atoms with Crippen LogP contribution in [-0.4, -0.2) is 53.5 Å². The summed E-state index contributed by atoms with van der Waals surface area (Å²) >= 11 is 5.48.